The van der Waals surface area contributed by atoms with Crippen molar-refractivity contribution in [2.75, 3.05) is 31.5 Å². The monoisotopic (exact) mass is 616 g/mol. The van der Waals surface area contributed by atoms with Crippen LogP contribution in [0.5, 0.6) is 5.75 Å². The molecular formula is C32H36ClF3N4O3. The summed E-state index contributed by atoms with van der Waals surface area (Å²) < 4.78 is 45.5. The van der Waals surface area contributed by atoms with E-state index >= 15 is 0 Å². The molecule has 1 aromatic heterocycles. The van der Waals surface area contributed by atoms with Crippen LogP contribution in [0.2, 0.25) is 5.02 Å². The molecule has 0 aliphatic heterocycles. The second kappa shape index (κ2) is 13.7. The van der Waals surface area contributed by atoms with Gasteiger partial charge in [0.2, 0.25) is 5.91 Å². The predicted molar refractivity (Wildman–Crippen MR) is 160 cm³/mol. The number of hydrogen-bond acceptors (Lipinski definition) is 5. The Labute approximate surface area is 254 Å². The van der Waals surface area contributed by atoms with E-state index in [1.165, 1.54) is 12.1 Å². The number of rotatable bonds is 14. The Bertz CT molecular complexity index is 1370. The number of pyridine rings is 1. The van der Waals surface area contributed by atoms with Crippen LogP contribution in [0.4, 0.5) is 19.0 Å². The topological polar surface area (TPSA) is 83.6 Å². The number of carbonyl (C=O) groups is 2. The summed E-state index contributed by atoms with van der Waals surface area (Å²) in [6.45, 7) is 4.99. The zero-order chi connectivity index (χ0) is 31.1. The maximum Gasteiger partial charge on any atom is 0.416 e. The van der Waals surface area contributed by atoms with E-state index in [0.717, 1.165) is 30.5 Å². The van der Waals surface area contributed by atoms with Gasteiger partial charge in [0.25, 0.3) is 5.91 Å². The number of amides is 2. The van der Waals surface area contributed by atoms with Gasteiger partial charge in [-0.25, -0.2) is 4.98 Å². The highest BCUT2D eigenvalue weighted by Gasteiger charge is 2.51. The number of benzene rings is 2. The van der Waals surface area contributed by atoms with Crippen molar-refractivity contribution in [1.82, 2.24) is 15.2 Å². The second-order valence-electron chi connectivity index (χ2n) is 10.8. The zero-order valence-electron chi connectivity index (χ0n) is 24.2. The molecule has 1 unspecified atom stereocenters. The fourth-order valence-corrected chi connectivity index (χ4v) is 5.16. The Morgan fingerprint density at radius 3 is 2.30 bits per heavy atom. The number of nitrogens with zero attached hydrogens (tertiary/aromatic N) is 2. The number of carbonyl (C=O) groups excluding carboxylic acids is 2. The lowest BCUT2D eigenvalue weighted by Gasteiger charge is -2.35. The first-order valence-corrected chi connectivity index (χ1v) is 14.7. The van der Waals surface area contributed by atoms with Crippen LogP contribution < -0.4 is 15.4 Å². The Morgan fingerprint density at radius 2 is 1.72 bits per heavy atom. The molecule has 2 aromatic carbocycles. The maximum atomic E-state index is 13.9. The van der Waals surface area contributed by atoms with Crippen LogP contribution in [0.1, 0.15) is 50.7 Å². The molecule has 1 aliphatic rings. The number of ether oxygens (including phenoxy) is 1. The van der Waals surface area contributed by atoms with E-state index in [-0.39, 0.29) is 24.0 Å². The smallest absolute Gasteiger partial charge is 0.416 e. The predicted octanol–water partition coefficient (Wildman–Crippen LogP) is 6.48. The minimum absolute atomic E-state index is 0.0812. The van der Waals surface area contributed by atoms with Crippen molar-refractivity contribution < 1.29 is 27.5 Å². The van der Waals surface area contributed by atoms with Crippen LogP contribution in [0, 0.1) is 0 Å². The molecule has 3 aromatic rings. The minimum atomic E-state index is -4.49. The van der Waals surface area contributed by atoms with E-state index < -0.39 is 22.8 Å². The average Bonchev–Trinajstić information content (AvgIpc) is 3.80. The maximum absolute atomic E-state index is 13.9. The highest BCUT2D eigenvalue weighted by molar-refractivity contribution is 6.30. The molecule has 4 rings (SSSR count). The Kier molecular flexibility index (Phi) is 10.2. The van der Waals surface area contributed by atoms with E-state index in [1.807, 2.05) is 37.3 Å². The van der Waals surface area contributed by atoms with Gasteiger partial charge in [-0.15, -0.1) is 0 Å². The van der Waals surface area contributed by atoms with E-state index in [0.29, 0.717) is 43.4 Å². The molecule has 0 saturated heterocycles. The van der Waals surface area contributed by atoms with Gasteiger partial charge in [0, 0.05) is 37.4 Å². The van der Waals surface area contributed by atoms with Crippen molar-refractivity contribution in [1.29, 1.82) is 0 Å². The number of aromatic nitrogens is 1. The van der Waals surface area contributed by atoms with E-state index in [4.69, 9.17) is 16.3 Å². The first-order chi connectivity index (χ1) is 20.5. The van der Waals surface area contributed by atoms with Crippen molar-refractivity contribution >= 4 is 29.2 Å². The van der Waals surface area contributed by atoms with Crippen LogP contribution >= 0.6 is 11.6 Å². The van der Waals surface area contributed by atoms with E-state index in [2.05, 4.69) is 15.6 Å². The van der Waals surface area contributed by atoms with Crippen molar-refractivity contribution in [3.63, 3.8) is 0 Å². The molecule has 1 fully saturated rings. The van der Waals surface area contributed by atoms with Crippen molar-refractivity contribution in [2.45, 2.75) is 56.7 Å². The van der Waals surface area contributed by atoms with Gasteiger partial charge in [0.15, 0.2) is 5.60 Å². The van der Waals surface area contributed by atoms with E-state index in [9.17, 15) is 22.8 Å². The fraction of sp³-hybridized carbons (Fsp3) is 0.406. The molecular weight excluding hydrogens is 581 g/mol. The first-order valence-electron chi connectivity index (χ1n) is 14.3. The summed E-state index contributed by atoms with van der Waals surface area (Å²) in [5.41, 5.74) is -1.85. The average molecular weight is 617 g/mol. The number of hydrogen-bond donors (Lipinski definition) is 2. The third kappa shape index (κ3) is 8.19. The fourth-order valence-electron chi connectivity index (χ4n) is 5.04. The molecule has 11 heteroatoms. The Hall–Kier alpha value is -3.79. The van der Waals surface area contributed by atoms with Crippen LogP contribution in [-0.4, -0.2) is 53.5 Å². The highest BCUT2D eigenvalue weighted by atomic mass is 35.5. The summed E-state index contributed by atoms with van der Waals surface area (Å²) in [5.74, 6) is 0.443. The van der Waals surface area contributed by atoms with Gasteiger partial charge in [0.1, 0.15) is 11.6 Å². The van der Waals surface area contributed by atoms with Gasteiger partial charge >= 0.3 is 6.18 Å². The lowest BCUT2D eigenvalue weighted by Crippen LogP contribution is -2.52. The summed E-state index contributed by atoms with van der Waals surface area (Å²) in [6, 6.07) is 17.1. The third-order valence-electron chi connectivity index (χ3n) is 7.70. The molecule has 1 heterocycles. The number of halogens is 4. The molecule has 2 N–H and O–H groups in total. The lowest BCUT2D eigenvalue weighted by molar-refractivity contribution is -0.147. The van der Waals surface area contributed by atoms with Gasteiger partial charge in [-0.05, 0) is 93.6 Å². The van der Waals surface area contributed by atoms with Crippen LogP contribution in [0.15, 0.2) is 72.9 Å². The molecule has 230 valence electrons. The molecule has 7 nitrogen and oxygen atoms in total. The number of alkyl halides is 3. The van der Waals surface area contributed by atoms with Crippen LogP contribution in [-0.2, 0) is 21.2 Å². The van der Waals surface area contributed by atoms with Gasteiger partial charge in [-0.1, -0.05) is 29.8 Å². The van der Waals surface area contributed by atoms with Gasteiger partial charge in [0.05, 0.1) is 11.0 Å². The molecule has 43 heavy (non-hydrogen) atoms. The van der Waals surface area contributed by atoms with Gasteiger partial charge < -0.3 is 20.3 Å². The van der Waals surface area contributed by atoms with Gasteiger partial charge in [-0.3, -0.25) is 9.59 Å². The Balaban J connectivity index is 1.42. The lowest BCUT2D eigenvalue weighted by atomic mass is 9.94. The summed E-state index contributed by atoms with van der Waals surface area (Å²) in [5, 5.41) is 6.78. The summed E-state index contributed by atoms with van der Waals surface area (Å²) >= 11 is 6.01. The van der Waals surface area contributed by atoms with Crippen molar-refractivity contribution in [3.8, 4) is 5.75 Å². The SMILES string of the molecule is CCN(CCNc1ccccn1)C(=O)C(C)(CCCNC(=O)C1(c2ccc(Cl)cc2)CC1)Oc1ccc(C(F)(F)F)cc1. The molecule has 0 spiro atoms. The molecule has 1 saturated carbocycles. The third-order valence-corrected chi connectivity index (χ3v) is 7.95. The normalized spacial score (nSPS) is 15.2. The van der Waals surface area contributed by atoms with Gasteiger partial charge in [-0.2, -0.15) is 13.2 Å². The number of likely N-dealkylation sites (N-methyl/N-ethyl adjacent to an activating group) is 1. The standard InChI is InChI=1S/C32H36ClF3N4O3/c1-3-40(22-21-38-27-7-4-5-19-37-27)29(42)30(2,43-26-14-10-24(11-15-26)32(34,35)36)16-6-20-39-28(41)31(17-18-31)23-8-12-25(33)13-9-23/h4-5,7-15,19H,3,6,16-18,20-22H2,1-2H3,(H,37,38)(H,39,41). The molecule has 1 atom stereocenters. The second-order valence-corrected chi connectivity index (χ2v) is 11.3. The Morgan fingerprint density at radius 1 is 1.02 bits per heavy atom. The molecule has 0 radical (unpaired) electrons. The summed E-state index contributed by atoms with van der Waals surface area (Å²) in [6.07, 6.45) is -0.697. The first kappa shape index (κ1) is 32.1. The van der Waals surface area contributed by atoms with Crippen molar-refractivity contribution in [2.24, 2.45) is 0 Å². The molecule has 1 aliphatic carbocycles. The molecule has 2 amide bonds. The summed E-state index contributed by atoms with van der Waals surface area (Å²) in [7, 11) is 0. The van der Waals surface area contributed by atoms with Crippen LogP contribution in [0.25, 0.3) is 0 Å². The number of nitrogens with one attached hydrogen (secondary N) is 2. The zero-order valence-corrected chi connectivity index (χ0v) is 25.0. The number of anilines is 1. The largest absolute Gasteiger partial charge is 0.478 e. The highest BCUT2D eigenvalue weighted by Crippen LogP contribution is 2.48. The van der Waals surface area contributed by atoms with Crippen molar-refractivity contribution in [3.05, 3.63) is 89.1 Å². The summed E-state index contributed by atoms with van der Waals surface area (Å²) in [4.78, 5) is 32.8. The van der Waals surface area contributed by atoms with E-state index in [1.54, 1.807) is 30.2 Å². The molecule has 0 bridgehead atoms. The van der Waals surface area contributed by atoms with Crippen LogP contribution in [0.3, 0.4) is 0 Å². The minimum Gasteiger partial charge on any atom is -0.478 e. The quantitative estimate of drug-likeness (QED) is 0.203.